The Hall–Kier alpha value is -2.12. The number of unbranched alkanes of at least 4 members (excludes halogenated alkanes) is 3. The Balaban J connectivity index is 4.72. The summed E-state index contributed by atoms with van der Waals surface area (Å²) in [7, 11) is 0. The molecule has 12 nitrogen and oxygen atoms in total. The van der Waals surface area contributed by atoms with E-state index in [-0.39, 0.29) is 31.1 Å². The summed E-state index contributed by atoms with van der Waals surface area (Å²) in [6.45, 7) is 6.65. The molecule has 203 valence electrons. The molecule has 0 saturated carbocycles. The van der Waals surface area contributed by atoms with E-state index in [0.29, 0.717) is 58.9 Å². The van der Waals surface area contributed by atoms with Crippen molar-refractivity contribution in [3.05, 3.63) is 0 Å². The first-order valence-corrected chi connectivity index (χ1v) is 12.7. The molecule has 0 spiro atoms. The van der Waals surface area contributed by atoms with Crippen LogP contribution in [0.3, 0.4) is 0 Å². The molecule has 1 radical (unpaired) electrons. The van der Waals surface area contributed by atoms with Crippen LogP contribution in [0.25, 0.3) is 0 Å². The molecular formula is C23H47N8O4. The third-order valence-electron chi connectivity index (χ3n) is 5.25. The lowest BCUT2D eigenvalue weighted by Gasteiger charge is -2.18. The minimum absolute atomic E-state index is 0.158. The van der Waals surface area contributed by atoms with Gasteiger partial charge in [0.05, 0.1) is 18.4 Å². The number of Topliss-reactive ketones (excluding diaryl/α,β-unsaturated/α-hetero) is 1. The summed E-state index contributed by atoms with van der Waals surface area (Å²) in [4.78, 5) is 49.7. The van der Waals surface area contributed by atoms with Gasteiger partial charge >= 0.3 is 0 Å². The van der Waals surface area contributed by atoms with Gasteiger partial charge in [0.2, 0.25) is 17.7 Å². The zero-order chi connectivity index (χ0) is 26.3. The smallest absolute Gasteiger partial charge is 0.224 e. The molecule has 0 aliphatic carbocycles. The van der Waals surface area contributed by atoms with Gasteiger partial charge in [-0.25, -0.2) is 5.73 Å². The zero-order valence-electron chi connectivity index (χ0n) is 21.3. The van der Waals surface area contributed by atoms with Gasteiger partial charge in [0, 0.05) is 71.7 Å². The van der Waals surface area contributed by atoms with Crippen molar-refractivity contribution in [3.8, 4) is 0 Å². The van der Waals surface area contributed by atoms with Crippen LogP contribution in [0.5, 0.6) is 0 Å². The molecule has 3 amide bonds. The van der Waals surface area contributed by atoms with E-state index in [2.05, 4.69) is 33.5 Å². The Morgan fingerprint density at radius 1 is 0.686 bits per heavy atom. The van der Waals surface area contributed by atoms with Gasteiger partial charge in [0.1, 0.15) is 0 Å². The van der Waals surface area contributed by atoms with E-state index >= 15 is 0 Å². The van der Waals surface area contributed by atoms with E-state index in [0.717, 1.165) is 25.7 Å². The molecule has 10 N–H and O–H groups in total. The predicted octanol–water partition coefficient (Wildman–Crippen LogP) is -1.98. The first kappa shape index (κ1) is 32.9. The highest BCUT2D eigenvalue weighted by molar-refractivity contribution is 5.94. The van der Waals surface area contributed by atoms with Gasteiger partial charge in [-0.05, 0) is 6.42 Å². The van der Waals surface area contributed by atoms with E-state index < -0.39 is 23.7 Å². The second-order valence-corrected chi connectivity index (χ2v) is 8.46. The number of carbonyl (C=O) groups is 4. The van der Waals surface area contributed by atoms with Crippen molar-refractivity contribution >= 4 is 23.5 Å². The van der Waals surface area contributed by atoms with Crippen LogP contribution in [0.15, 0.2) is 0 Å². The summed E-state index contributed by atoms with van der Waals surface area (Å²) >= 11 is 0. The topological polar surface area (TPSA) is 204 Å². The van der Waals surface area contributed by atoms with Crippen LogP contribution in [0.2, 0.25) is 0 Å². The highest BCUT2D eigenvalue weighted by Crippen LogP contribution is 2.13. The number of amides is 3. The van der Waals surface area contributed by atoms with Crippen LogP contribution in [0.4, 0.5) is 0 Å². The highest BCUT2D eigenvalue weighted by Gasteiger charge is 2.28. The Bertz CT molecular complexity index is 606. The molecule has 0 aliphatic heterocycles. The third-order valence-corrected chi connectivity index (χ3v) is 5.25. The Morgan fingerprint density at radius 3 is 1.80 bits per heavy atom. The normalized spacial score (nSPS) is 12.6. The van der Waals surface area contributed by atoms with Gasteiger partial charge in [-0.3, -0.25) is 19.2 Å². The van der Waals surface area contributed by atoms with Gasteiger partial charge in [-0.1, -0.05) is 26.2 Å². The molecule has 0 fully saturated rings. The lowest BCUT2D eigenvalue weighted by atomic mass is 9.93. The second-order valence-electron chi connectivity index (χ2n) is 8.46. The SMILES string of the molecule is CCCCCCNC(=O)[C@H](CC(=O)NCCNCCN)CC(=O)[C@H]([NH])CC(=O)NCCNCCN. The maximum absolute atomic E-state index is 12.7. The zero-order valence-corrected chi connectivity index (χ0v) is 21.3. The molecule has 12 heteroatoms. The minimum atomic E-state index is -1.30. The van der Waals surface area contributed by atoms with E-state index in [9.17, 15) is 19.2 Å². The number of hydrogen-bond donors (Lipinski definition) is 7. The van der Waals surface area contributed by atoms with E-state index in [1.54, 1.807) is 0 Å². The van der Waals surface area contributed by atoms with Crippen molar-refractivity contribution < 1.29 is 19.2 Å². The quantitative estimate of drug-likeness (QED) is 0.0782. The largest absolute Gasteiger partial charge is 0.356 e. The lowest BCUT2D eigenvalue weighted by Crippen LogP contribution is -2.40. The monoisotopic (exact) mass is 499 g/mol. The Labute approximate surface area is 209 Å². The summed E-state index contributed by atoms with van der Waals surface area (Å²) in [6, 6.07) is -1.30. The average molecular weight is 500 g/mol. The molecule has 0 heterocycles. The lowest BCUT2D eigenvalue weighted by molar-refractivity contribution is -0.134. The van der Waals surface area contributed by atoms with Crippen LogP contribution in [-0.2, 0) is 19.2 Å². The van der Waals surface area contributed by atoms with Crippen molar-refractivity contribution in [2.24, 2.45) is 17.4 Å². The first-order valence-electron chi connectivity index (χ1n) is 12.7. The molecule has 35 heavy (non-hydrogen) atoms. The average Bonchev–Trinajstić information content (AvgIpc) is 2.83. The first-order chi connectivity index (χ1) is 16.8. The fourth-order valence-corrected chi connectivity index (χ4v) is 3.25. The van der Waals surface area contributed by atoms with Crippen LogP contribution >= 0.6 is 0 Å². The van der Waals surface area contributed by atoms with Gasteiger partial charge in [0.15, 0.2) is 5.78 Å². The van der Waals surface area contributed by atoms with Crippen LogP contribution in [-0.4, -0.2) is 88.4 Å². The number of nitrogens with two attached hydrogens (primary N) is 2. The van der Waals surface area contributed by atoms with Crippen molar-refractivity contribution in [2.45, 2.75) is 57.9 Å². The summed E-state index contributed by atoms with van der Waals surface area (Å²) in [5.74, 6) is -2.56. The predicted molar refractivity (Wildman–Crippen MR) is 136 cm³/mol. The summed E-state index contributed by atoms with van der Waals surface area (Å²) in [5, 5.41) is 14.3. The third kappa shape index (κ3) is 18.8. The molecule has 0 unspecified atom stereocenters. The molecule has 0 bridgehead atoms. The molecular weight excluding hydrogens is 452 g/mol. The molecule has 0 rings (SSSR count). The number of nitrogens with one attached hydrogen (secondary N) is 6. The van der Waals surface area contributed by atoms with Crippen molar-refractivity contribution in [1.29, 1.82) is 0 Å². The fraction of sp³-hybridized carbons (Fsp3) is 0.826. The van der Waals surface area contributed by atoms with Crippen LogP contribution in [0.1, 0.15) is 51.9 Å². The fourth-order valence-electron chi connectivity index (χ4n) is 3.25. The molecule has 2 atom stereocenters. The summed E-state index contributed by atoms with van der Waals surface area (Å²) in [5.41, 5.74) is 18.8. The number of rotatable bonds is 23. The maximum atomic E-state index is 12.7. The van der Waals surface area contributed by atoms with Crippen molar-refractivity contribution in [3.63, 3.8) is 0 Å². The molecule has 0 aromatic carbocycles. The Morgan fingerprint density at radius 2 is 1.26 bits per heavy atom. The number of carbonyl (C=O) groups excluding carboxylic acids is 4. The molecule has 0 aromatic rings. The number of hydrogen-bond acceptors (Lipinski definition) is 8. The van der Waals surface area contributed by atoms with Crippen LogP contribution < -0.4 is 43.8 Å². The molecule has 0 aliphatic rings. The molecule has 0 aromatic heterocycles. The Kier molecular flexibility index (Phi) is 21.0. The van der Waals surface area contributed by atoms with Gasteiger partial charge < -0.3 is 38.1 Å². The second kappa shape index (κ2) is 22.4. The number of ketones is 1. The molecule has 0 saturated heterocycles. The van der Waals surface area contributed by atoms with E-state index in [1.165, 1.54) is 0 Å². The van der Waals surface area contributed by atoms with Gasteiger partial charge in [-0.15, -0.1) is 0 Å². The highest BCUT2D eigenvalue weighted by atomic mass is 16.2. The van der Waals surface area contributed by atoms with Crippen molar-refractivity contribution in [2.75, 3.05) is 58.9 Å². The van der Waals surface area contributed by atoms with E-state index in [4.69, 9.17) is 17.2 Å². The van der Waals surface area contributed by atoms with Crippen molar-refractivity contribution in [1.82, 2.24) is 32.3 Å². The van der Waals surface area contributed by atoms with Gasteiger partial charge in [-0.2, -0.15) is 0 Å². The minimum Gasteiger partial charge on any atom is -0.356 e. The summed E-state index contributed by atoms with van der Waals surface area (Å²) < 4.78 is 0. The summed E-state index contributed by atoms with van der Waals surface area (Å²) in [6.07, 6.45) is 3.25. The van der Waals surface area contributed by atoms with Crippen LogP contribution in [0, 0.1) is 5.92 Å². The maximum Gasteiger partial charge on any atom is 0.224 e. The van der Waals surface area contributed by atoms with E-state index in [1.807, 2.05) is 0 Å². The van der Waals surface area contributed by atoms with Gasteiger partial charge in [0.25, 0.3) is 0 Å². The standard InChI is InChI=1S/C23H47N8O4/c1-2-3-4-5-8-31-23(35)18(16-21(33)29-13-11-27-9-6-24)15-20(32)19(26)17-22(34)30-14-12-28-10-7-25/h18-19,26-28H,2-17,24-25H2,1H3,(H,29,33)(H,30,34)(H,31,35)/t18-,19+/m0/s1.